The van der Waals surface area contributed by atoms with Crippen molar-refractivity contribution in [2.75, 3.05) is 19.6 Å². The molecule has 1 amide bonds. The predicted octanol–water partition coefficient (Wildman–Crippen LogP) is 4.76. The highest BCUT2D eigenvalue weighted by atomic mass is 35.5. The van der Waals surface area contributed by atoms with E-state index in [0.717, 1.165) is 40.3 Å². The standard InChI is InChI=1S/C22H27N3OS.2ClH/c1-3-13-23-14-15-24-21(26)22(2,17-9-5-4-6-10-17)16-20-25-18-11-7-8-12-19(18)27-20;;/h4-12,23H,3,13-16H2,1-2H3,(H,24,26);2*1H. The van der Waals surface area contributed by atoms with Crippen LogP contribution in [0.4, 0.5) is 0 Å². The molecule has 1 heterocycles. The summed E-state index contributed by atoms with van der Waals surface area (Å²) in [6.45, 7) is 6.53. The highest BCUT2D eigenvalue weighted by molar-refractivity contribution is 7.18. The van der Waals surface area contributed by atoms with Crippen LogP contribution in [0, 0.1) is 0 Å². The second-order valence-electron chi connectivity index (χ2n) is 6.96. The zero-order valence-electron chi connectivity index (χ0n) is 16.8. The van der Waals surface area contributed by atoms with Gasteiger partial charge in [-0.1, -0.05) is 49.4 Å². The Kier molecular flexibility index (Phi) is 10.6. The first-order chi connectivity index (χ1) is 13.1. The molecule has 1 atom stereocenters. The van der Waals surface area contributed by atoms with Gasteiger partial charge in [0.05, 0.1) is 20.6 Å². The van der Waals surface area contributed by atoms with Gasteiger partial charge in [0.2, 0.25) is 5.91 Å². The van der Waals surface area contributed by atoms with Gasteiger partial charge in [0.1, 0.15) is 0 Å². The number of nitrogens with zero attached hydrogens (tertiary/aromatic N) is 1. The summed E-state index contributed by atoms with van der Waals surface area (Å²) in [4.78, 5) is 17.9. The molecule has 0 radical (unpaired) electrons. The van der Waals surface area contributed by atoms with Crippen LogP contribution in [0.15, 0.2) is 54.6 Å². The normalized spacial score (nSPS) is 12.5. The lowest BCUT2D eigenvalue weighted by atomic mass is 9.78. The first-order valence-electron chi connectivity index (χ1n) is 9.52. The molecule has 29 heavy (non-hydrogen) atoms. The molecule has 3 rings (SSSR count). The maximum absolute atomic E-state index is 13.2. The minimum Gasteiger partial charge on any atom is -0.354 e. The van der Waals surface area contributed by atoms with Crippen molar-refractivity contribution in [3.63, 3.8) is 0 Å². The highest BCUT2D eigenvalue weighted by Gasteiger charge is 2.36. The van der Waals surface area contributed by atoms with Crippen LogP contribution in [0.1, 0.15) is 30.8 Å². The maximum Gasteiger partial charge on any atom is 0.230 e. The van der Waals surface area contributed by atoms with Gasteiger partial charge >= 0.3 is 0 Å². The number of amides is 1. The number of carbonyl (C=O) groups excluding carboxylic acids is 1. The van der Waals surface area contributed by atoms with Crippen molar-refractivity contribution in [3.8, 4) is 0 Å². The van der Waals surface area contributed by atoms with Crippen molar-refractivity contribution >= 4 is 52.3 Å². The van der Waals surface area contributed by atoms with E-state index in [1.165, 1.54) is 0 Å². The monoisotopic (exact) mass is 453 g/mol. The van der Waals surface area contributed by atoms with E-state index in [9.17, 15) is 4.79 Å². The maximum atomic E-state index is 13.2. The number of aromatic nitrogens is 1. The van der Waals surface area contributed by atoms with Crippen LogP contribution in [0.5, 0.6) is 0 Å². The van der Waals surface area contributed by atoms with Gasteiger partial charge in [-0.2, -0.15) is 0 Å². The molecule has 0 aliphatic carbocycles. The summed E-state index contributed by atoms with van der Waals surface area (Å²) in [5.74, 6) is 0.0475. The summed E-state index contributed by atoms with van der Waals surface area (Å²) in [5.41, 5.74) is 1.36. The lowest BCUT2D eigenvalue weighted by Crippen LogP contribution is -2.45. The molecule has 0 spiro atoms. The van der Waals surface area contributed by atoms with Gasteiger partial charge in [-0.15, -0.1) is 36.2 Å². The first-order valence-corrected chi connectivity index (χ1v) is 10.3. The molecule has 1 aromatic heterocycles. The van der Waals surface area contributed by atoms with Gasteiger partial charge in [0.15, 0.2) is 0 Å². The second kappa shape index (κ2) is 12.1. The Bertz CT molecular complexity index is 855. The molecule has 0 saturated heterocycles. The number of halogens is 2. The number of thiazole rings is 1. The van der Waals surface area contributed by atoms with E-state index >= 15 is 0 Å². The summed E-state index contributed by atoms with van der Waals surface area (Å²) < 4.78 is 1.16. The number of carbonyl (C=O) groups is 1. The van der Waals surface area contributed by atoms with Crippen molar-refractivity contribution in [2.24, 2.45) is 0 Å². The third-order valence-electron chi connectivity index (χ3n) is 4.77. The van der Waals surface area contributed by atoms with Gasteiger partial charge in [0, 0.05) is 19.5 Å². The number of nitrogens with one attached hydrogen (secondary N) is 2. The van der Waals surface area contributed by atoms with E-state index in [4.69, 9.17) is 4.98 Å². The van der Waals surface area contributed by atoms with Crippen molar-refractivity contribution in [1.29, 1.82) is 0 Å². The molecule has 0 aliphatic rings. The van der Waals surface area contributed by atoms with Crippen LogP contribution < -0.4 is 10.6 Å². The zero-order valence-corrected chi connectivity index (χ0v) is 19.3. The van der Waals surface area contributed by atoms with Gasteiger partial charge in [-0.3, -0.25) is 4.79 Å². The molecule has 158 valence electrons. The predicted molar refractivity (Wildman–Crippen MR) is 128 cm³/mol. The average Bonchev–Trinajstić information content (AvgIpc) is 3.10. The van der Waals surface area contributed by atoms with Gasteiger partial charge < -0.3 is 10.6 Å². The second-order valence-corrected chi connectivity index (χ2v) is 8.07. The number of hydrogen-bond donors (Lipinski definition) is 2. The summed E-state index contributed by atoms with van der Waals surface area (Å²) in [7, 11) is 0. The fraction of sp³-hybridized carbons (Fsp3) is 0.364. The van der Waals surface area contributed by atoms with Crippen LogP contribution >= 0.6 is 36.2 Å². The minimum atomic E-state index is -0.653. The SMILES string of the molecule is CCCNCCNC(=O)C(C)(Cc1nc2ccccc2s1)c1ccccc1.Cl.Cl. The van der Waals surface area contributed by atoms with E-state index in [2.05, 4.69) is 23.6 Å². The number of benzene rings is 2. The Balaban J connectivity index is 0.00000210. The molecular weight excluding hydrogens is 425 g/mol. The van der Waals surface area contributed by atoms with E-state index in [0.29, 0.717) is 13.0 Å². The molecule has 0 aliphatic heterocycles. The van der Waals surface area contributed by atoms with Crippen molar-refractivity contribution in [2.45, 2.75) is 32.1 Å². The van der Waals surface area contributed by atoms with Gasteiger partial charge in [-0.25, -0.2) is 4.98 Å². The minimum absolute atomic E-state index is 0. The topological polar surface area (TPSA) is 54.0 Å². The number of hydrogen-bond acceptors (Lipinski definition) is 4. The Morgan fingerprint density at radius 1 is 1.00 bits per heavy atom. The van der Waals surface area contributed by atoms with Crippen molar-refractivity contribution in [1.82, 2.24) is 15.6 Å². The Morgan fingerprint density at radius 2 is 1.69 bits per heavy atom. The molecule has 0 saturated carbocycles. The lowest BCUT2D eigenvalue weighted by molar-refractivity contribution is -0.126. The fourth-order valence-electron chi connectivity index (χ4n) is 3.18. The van der Waals surface area contributed by atoms with E-state index < -0.39 is 5.41 Å². The van der Waals surface area contributed by atoms with Crippen LogP contribution in [0.3, 0.4) is 0 Å². The average molecular weight is 454 g/mol. The molecule has 2 N–H and O–H groups in total. The molecule has 7 heteroatoms. The van der Waals surface area contributed by atoms with Crippen molar-refractivity contribution in [3.05, 3.63) is 65.2 Å². The highest BCUT2D eigenvalue weighted by Crippen LogP contribution is 2.32. The zero-order chi connectivity index (χ0) is 19.1. The summed E-state index contributed by atoms with van der Waals surface area (Å²) >= 11 is 1.67. The number of fused-ring (bicyclic) bond motifs is 1. The number of para-hydroxylation sites is 1. The van der Waals surface area contributed by atoms with Crippen LogP contribution in [-0.2, 0) is 16.6 Å². The third kappa shape index (κ3) is 6.41. The fourth-order valence-corrected chi connectivity index (χ4v) is 4.30. The summed E-state index contributed by atoms with van der Waals surface area (Å²) in [6, 6.07) is 18.1. The molecular formula is C22H29Cl2N3OS. The summed E-state index contributed by atoms with van der Waals surface area (Å²) in [5, 5.41) is 7.42. The van der Waals surface area contributed by atoms with Gasteiger partial charge in [0.25, 0.3) is 0 Å². The van der Waals surface area contributed by atoms with E-state index in [1.807, 2.05) is 55.5 Å². The van der Waals surface area contributed by atoms with Gasteiger partial charge in [-0.05, 0) is 37.6 Å². The molecule has 3 aromatic rings. The Hall–Kier alpha value is -1.66. The first kappa shape index (κ1) is 25.4. The van der Waals surface area contributed by atoms with Crippen molar-refractivity contribution < 1.29 is 4.79 Å². The Morgan fingerprint density at radius 3 is 2.38 bits per heavy atom. The smallest absolute Gasteiger partial charge is 0.230 e. The largest absolute Gasteiger partial charge is 0.354 e. The summed E-state index contributed by atoms with van der Waals surface area (Å²) in [6.07, 6.45) is 1.68. The molecule has 1 unspecified atom stereocenters. The van der Waals surface area contributed by atoms with Crippen LogP contribution in [-0.4, -0.2) is 30.5 Å². The molecule has 4 nitrogen and oxygen atoms in total. The molecule has 0 fully saturated rings. The lowest BCUT2D eigenvalue weighted by Gasteiger charge is -2.28. The third-order valence-corrected chi connectivity index (χ3v) is 5.81. The molecule has 2 aromatic carbocycles. The van der Waals surface area contributed by atoms with E-state index in [1.54, 1.807) is 11.3 Å². The van der Waals surface area contributed by atoms with E-state index in [-0.39, 0.29) is 30.7 Å². The quantitative estimate of drug-likeness (QED) is 0.459. The molecule has 0 bridgehead atoms. The Labute approximate surface area is 189 Å². The number of rotatable bonds is 9. The van der Waals surface area contributed by atoms with Crippen LogP contribution in [0.25, 0.3) is 10.2 Å². The van der Waals surface area contributed by atoms with Crippen LogP contribution in [0.2, 0.25) is 0 Å².